The molecule has 0 heterocycles. The van der Waals surface area contributed by atoms with Gasteiger partial charge >= 0.3 is 5.97 Å². The van der Waals surface area contributed by atoms with Gasteiger partial charge < -0.3 is 14.9 Å². The Morgan fingerprint density at radius 1 is 1.06 bits per heavy atom. The van der Waals surface area contributed by atoms with Gasteiger partial charge in [0.1, 0.15) is 0 Å². The Balaban J connectivity index is 3.80. The number of aliphatic hydroxyl groups excluding tert-OH is 2. The van der Waals surface area contributed by atoms with E-state index in [0.29, 0.717) is 18.8 Å². The first-order chi connectivity index (χ1) is 7.31. The maximum atomic E-state index is 11.3. The Kier molecular flexibility index (Phi) is 7.34. The molecule has 0 saturated heterocycles. The normalized spacial score (nSPS) is 15.2. The molecule has 0 spiro atoms. The van der Waals surface area contributed by atoms with Crippen molar-refractivity contribution >= 4 is 5.97 Å². The van der Waals surface area contributed by atoms with Gasteiger partial charge in [-0.1, -0.05) is 27.7 Å². The molecule has 0 aromatic heterocycles. The van der Waals surface area contributed by atoms with Crippen LogP contribution in [0.3, 0.4) is 0 Å². The molecule has 4 heteroatoms. The fraction of sp³-hybridized carbons (Fsp3) is 0.917. The van der Waals surface area contributed by atoms with Crippen LogP contribution >= 0.6 is 0 Å². The zero-order valence-electron chi connectivity index (χ0n) is 10.6. The molecule has 0 radical (unpaired) electrons. The minimum absolute atomic E-state index is 0.0483. The Labute approximate surface area is 97.6 Å². The molecule has 0 amide bonds. The van der Waals surface area contributed by atoms with Crippen LogP contribution in [0.2, 0.25) is 0 Å². The van der Waals surface area contributed by atoms with Gasteiger partial charge in [0.2, 0.25) is 6.29 Å². The molecule has 0 aromatic carbocycles. The fourth-order valence-corrected chi connectivity index (χ4v) is 1.47. The molecule has 96 valence electrons. The van der Waals surface area contributed by atoms with Gasteiger partial charge in [-0.15, -0.1) is 0 Å². The van der Waals surface area contributed by atoms with Crippen molar-refractivity contribution in [3.8, 4) is 0 Å². The molecule has 2 N–H and O–H groups in total. The van der Waals surface area contributed by atoms with Gasteiger partial charge in [0, 0.05) is 6.42 Å². The minimum atomic E-state index is -1.06. The van der Waals surface area contributed by atoms with Crippen molar-refractivity contribution in [1.82, 2.24) is 0 Å². The van der Waals surface area contributed by atoms with Crippen LogP contribution < -0.4 is 0 Å². The van der Waals surface area contributed by atoms with Crippen LogP contribution in [0.4, 0.5) is 0 Å². The maximum absolute atomic E-state index is 11.3. The number of esters is 1. The van der Waals surface area contributed by atoms with E-state index in [4.69, 9.17) is 4.74 Å². The van der Waals surface area contributed by atoms with E-state index in [-0.39, 0.29) is 12.3 Å². The van der Waals surface area contributed by atoms with Gasteiger partial charge in [0.25, 0.3) is 0 Å². The predicted molar refractivity (Wildman–Crippen MR) is 61.6 cm³/mol. The largest absolute Gasteiger partial charge is 0.436 e. The van der Waals surface area contributed by atoms with E-state index >= 15 is 0 Å². The summed E-state index contributed by atoms with van der Waals surface area (Å²) >= 11 is 0. The third-order valence-electron chi connectivity index (χ3n) is 2.09. The van der Waals surface area contributed by atoms with Gasteiger partial charge in [-0.05, 0) is 18.3 Å². The number of carbonyl (C=O) groups excluding carboxylic acids is 1. The lowest BCUT2D eigenvalue weighted by molar-refractivity contribution is -0.172. The molecule has 0 fully saturated rings. The maximum Gasteiger partial charge on any atom is 0.310 e. The molecule has 4 nitrogen and oxygen atoms in total. The molecule has 0 aliphatic rings. The number of hydrogen-bond donors (Lipinski definition) is 2. The summed E-state index contributed by atoms with van der Waals surface area (Å²) < 4.78 is 4.77. The molecular formula is C12H24O4. The first kappa shape index (κ1) is 15.4. The van der Waals surface area contributed by atoms with Crippen molar-refractivity contribution in [1.29, 1.82) is 0 Å². The summed E-state index contributed by atoms with van der Waals surface area (Å²) in [6, 6.07) is 0. The van der Waals surface area contributed by atoms with Crippen LogP contribution in [-0.2, 0) is 9.53 Å². The molecule has 16 heavy (non-hydrogen) atoms. The lowest BCUT2D eigenvalue weighted by Crippen LogP contribution is -2.23. The summed E-state index contributed by atoms with van der Waals surface area (Å²) in [5, 5.41) is 18.9. The number of hydrogen-bond acceptors (Lipinski definition) is 4. The Bertz CT molecular complexity index is 181. The Morgan fingerprint density at radius 3 is 2.00 bits per heavy atom. The average Bonchev–Trinajstić information content (AvgIpc) is 1.97. The third-order valence-corrected chi connectivity index (χ3v) is 2.09. The van der Waals surface area contributed by atoms with Gasteiger partial charge in [-0.25, -0.2) is 0 Å². The SMILES string of the molecule is CC(C)CC(O)CC(=O)OC(O)CC(C)C. The molecule has 0 aliphatic carbocycles. The van der Waals surface area contributed by atoms with Gasteiger partial charge in [-0.3, -0.25) is 4.79 Å². The zero-order chi connectivity index (χ0) is 12.7. The van der Waals surface area contributed by atoms with Crippen LogP contribution in [-0.4, -0.2) is 28.6 Å². The minimum Gasteiger partial charge on any atom is -0.436 e. The molecule has 0 aliphatic heterocycles. The standard InChI is InChI=1S/C12H24O4/c1-8(2)5-10(13)7-12(15)16-11(14)6-9(3)4/h8-11,13-14H,5-7H2,1-4H3. The van der Waals surface area contributed by atoms with Crippen molar-refractivity contribution < 1.29 is 19.7 Å². The molecule has 0 rings (SSSR count). The highest BCUT2D eigenvalue weighted by atomic mass is 16.6. The van der Waals surface area contributed by atoms with Crippen LogP contribution in [0.25, 0.3) is 0 Å². The monoisotopic (exact) mass is 232 g/mol. The lowest BCUT2D eigenvalue weighted by atomic mass is 10.0. The second kappa shape index (κ2) is 7.63. The van der Waals surface area contributed by atoms with E-state index in [2.05, 4.69) is 0 Å². The second-order valence-electron chi connectivity index (χ2n) is 5.06. The van der Waals surface area contributed by atoms with Crippen molar-refractivity contribution in [2.24, 2.45) is 11.8 Å². The fourth-order valence-electron chi connectivity index (χ4n) is 1.47. The van der Waals surface area contributed by atoms with Crippen molar-refractivity contribution in [3.05, 3.63) is 0 Å². The topological polar surface area (TPSA) is 66.8 Å². The van der Waals surface area contributed by atoms with E-state index < -0.39 is 18.4 Å². The summed E-state index contributed by atoms with van der Waals surface area (Å²) in [7, 11) is 0. The first-order valence-electron chi connectivity index (χ1n) is 5.86. The Hall–Kier alpha value is -0.610. The van der Waals surface area contributed by atoms with Crippen LogP contribution in [0.5, 0.6) is 0 Å². The van der Waals surface area contributed by atoms with E-state index in [9.17, 15) is 15.0 Å². The van der Waals surface area contributed by atoms with E-state index in [1.165, 1.54) is 0 Å². The van der Waals surface area contributed by atoms with Crippen molar-refractivity contribution in [2.75, 3.05) is 0 Å². The quantitative estimate of drug-likeness (QED) is 0.518. The van der Waals surface area contributed by atoms with E-state index in [1.807, 2.05) is 27.7 Å². The van der Waals surface area contributed by atoms with E-state index in [0.717, 1.165) is 0 Å². The number of carbonyl (C=O) groups is 1. The first-order valence-corrected chi connectivity index (χ1v) is 5.86. The highest BCUT2D eigenvalue weighted by molar-refractivity contribution is 5.70. The van der Waals surface area contributed by atoms with Gasteiger partial charge in [-0.2, -0.15) is 0 Å². The number of ether oxygens (including phenoxy) is 1. The highest BCUT2D eigenvalue weighted by Gasteiger charge is 2.17. The molecule has 2 unspecified atom stereocenters. The number of aliphatic hydroxyl groups is 2. The van der Waals surface area contributed by atoms with Crippen molar-refractivity contribution in [2.45, 2.75) is 59.4 Å². The Morgan fingerprint density at radius 2 is 1.56 bits per heavy atom. The summed E-state index contributed by atoms with van der Waals surface area (Å²) in [5.41, 5.74) is 0. The van der Waals surface area contributed by atoms with Gasteiger partial charge in [0.15, 0.2) is 0 Å². The molecular weight excluding hydrogens is 208 g/mol. The predicted octanol–water partition coefficient (Wildman–Crippen LogP) is 1.69. The second-order valence-corrected chi connectivity index (χ2v) is 5.06. The smallest absolute Gasteiger partial charge is 0.310 e. The van der Waals surface area contributed by atoms with Crippen LogP contribution in [0.15, 0.2) is 0 Å². The zero-order valence-corrected chi connectivity index (χ0v) is 10.6. The molecule has 0 aromatic rings. The van der Waals surface area contributed by atoms with Crippen LogP contribution in [0, 0.1) is 11.8 Å². The summed E-state index contributed by atoms with van der Waals surface area (Å²) in [5.74, 6) is 0.0630. The summed E-state index contributed by atoms with van der Waals surface area (Å²) in [4.78, 5) is 11.3. The molecule has 0 saturated carbocycles. The summed E-state index contributed by atoms with van der Waals surface area (Å²) in [6.07, 6.45) is -0.799. The summed E-state index contributed by atoms with van der Waals surface area (Å²) in [6.45, 7) is 7.82. The van der Waals surface area contributed by atoms with Crippen molar-refractivity contribution in [3.63, 3.8) is 0 Å². The molecule has 2 atom stereocenters. The van der Waals surface area contributed by atoms with Gasteiger partial charge in [0.05, 0.1) is 12.5 Å². The highest BCUT2D eigenvalue weighted by Crippen LogP contribution is 2.11. The lowest BCUT2D eigenvalue weighted by Gasteiger charge is -2.16. The van der Waals surface area contributed by atoms with E-state index in [1.54, 1.807) is 0 Å². The van der Waals surface area contributed by atoms with Crippen LogP contribution in [0.1, 0.15) is 47.0 Å². The average molecular weight is 232 g/mol. The molecule has 0 bridgehead atoms. The number of rotatable bonds is 7. The third kappa shape index (κ3) is 8.68.